The van der Waals surface area contributed by atoms with E-state index in [4.69, 9.17) is 4.43 Å². The fourth-order valence-corrected chi connectivity index (χ4v) is 14.3. The van der Waals surface area contributed by atoms with E-state index >= 15 is 0 Å². The van der Waals surface area contributed by atoms with Gasteiger partial charge in [-0.05, 0) is 281 Å². The summed E-state index contributed by atoms with van der Waals surface area (Å²) in [5.41, 5.74) is 0. The molecule has 2 fully saturated rings. The minimum Gasteiger partial charge on any atom is -0.420 e. The van der Waals surface area contributed by atoms with Crippen molar-refractivity contribution in [3.05, 3.63) is 12.7 Å². The zero-order valence-electron chi connectivity index (χ0n) is 48.6. The Balaban J connectivity index is -0.00000121. The molecule has 0 amide bonds. The molecule has 0 aromatic rings. The van der Waals surface area contributed by atoms with Crippen LogP contribution in [0.5, 0.6) is 0 Å². The van der Waals surface area contributed by atoms with Crippen LogP contribution >= 0.6 is 146 Å². The third-order valence-corrected chi connectivity index (χ3v) is 22.4. The lowest BCUT2D eigenvalue weighted by Gasteiger charge is -2.27. The highest BCUT2D eigenvalue weighted by Gasteiger charge is 2.59. The van der Waals surface area contributed by atoms with Crippen molar-refractivity contribution in [1.29, 1.82) is 0 Å². The van der Waals surface area contributed by atoms with E-state index in [-0.39, 0.29) is 14.9 Å². The molecular weight excluding hydrogens is 1190 g/mol. The van der Waals surface area contributed by atoms with E-state index < -0.39 is 8.32 Å². The summed E-state index contributed by atoms with van der Waals surface area (Å²) in [4.78, 5) is 17.0. The van der Waals surface area contributed by atoms with Gasteiger partial charge in [-0.25, -0.2) is 0 Å². The number of hydrogen-bond acceptors (Lipinski definition) is 19. The first-order valence-electron chi connectivity index (χ1n) is 28.2. The third-order valence-electron chi connectivity index (χ3n) is 13.9. The Bertz CT molecular complexity index is 1050. The Kier molecular flexibility index (Phi) is 64.1. The van der Waals surface area contributed by atoms with Crippen molar-refractivity contribution in [2.24, 2.45) is 0 Å². The summed E-state index contributed by atoms with van der Waals surface area (Å²) >= 11 is 39.0. The lowest BCUT2D eigenvalue weighted by atomic mass is 10.3. The maximum absolute atomic E-state index is 5.25. The van der Waals surface area contributed by atoms with Crippen LogP contribution in [-0.4, -0.2) is 266 Å². The molecule has 0 N–H and O–H groups in total. The largest absolute Gasteiger partial charge is 0.420 e. The van der Waals surface area contributed by atoms with E-state index in [1.165, 1.54) is 112 Å². The van der Waals surface area contributed by atoms with E-state index in [0.29, 0.717) is 18.1 Å². The standard InChI is InChI=1S/C27H57N3S6.C21H45N3S6.C6H14OSi.2CH4/c1-31-19-7-13-28(14-8-20-32-2)25-26(29(15-9-21-33-3)16-10-22-34-4)27(25)30(17-11-23-35-5)18-12-24-36-6;25-13-1-7-22(8-2-14-26)19-20(23(9-3-15-27)10-4-16-28)21(19)24(11-5-17-29)12-6-18-30;1-5-6-8(3,4)7-2;;/h25-27H,7-24H2,1-6H3;19-21,25-30H,1-18H2;5H,1,6H2,2-4H3;2*1H4. The fourth-order valence-electron chi connectivity index (χ4n) is 10.1. The highest BCUT2D eigenvalue weighted by atomic mass is 32.2. The van der Waals surface area contributed by atoms with E-state index in [2.05, 4.69) is 162 Å². The SMILES string of the molecule is C.C.C=CC[Si](C)(C)OC.CSCCCN(CCCSC)C1C(N(CCCSC)CCCSC)C1N(CCCSC)CCCSC.SCCCN(CCCS)C1C(N(CCCS)CCCS)C1N(CCCS)CCCS. The summed E-state index contributed by atoms with van der Waals surface area (Å²) in [7, 11) is 0.478. The molecule has 0 aromatic carbocycles. The van der Waals surface area contributed by atoms with Crippen molar-refractivity contribution in [3.8, 4) is 0 Å². The van der Waals surface area contributed by atoms with Crippen molar-refractivity contribution < 1.29 is 4.43 Å². The molecule has 460 valence electrons. The smallest absolute Gasteiger partial charge is 0.189 e. The number of nitrogens with zero attached hydrogens (tertiary/aromatic N) is 6. The molecule has 0 aliphatic heterocycles. The molecule has 0 unspecified atom stereocenters. The molecule has 76 heavy (non-hydrogen) atoms. The van der Waals surface area contributed by atoms with Crippen LogP contribution in [0.4, 0.5) is 0 Å². The van der Waals surface area contributed by atoms with Crippen LogP contribution in [0.3, 0.4) is 0 Å². The van der Waals surface area contributed by atoms with E-state index in [1.54, 1.807) is 7.11 Å². The van der Waals surface area contributed by atoms with Gasteiger partial charge >= 0.3 is 0 Å². The number of hydrogen-bond donors (Lipinski definition) is 6. The molecule has 20 heteroatoms. The minimum absolute atomic E-state index is 0. The second kappa shape index (κ2) is 57.9. The van der Waals surface area contributed by atoms with E-state index in [1.807, 2.05) is 76.6 Å². The molecule has 7 nitrogen and oxygen atoms in total. The molecule has 0 saturated heterocycles. The summed E-state index contributed by atoms with van der Waals surface area (Å²) < 4.78 is 5.25. The summed E-state index contributed by atoms with van der Waals surface area (Å²) in [6.07, 6.45) is 30.3. The summed E-state index contributed by atoms with van der Waals surface area (Å²) in [6, 6.07) is 5.02. The van der Waals surface area contributed by atoms with Gasteiger partial charge in [0, 0.05) is 43.4 Å². The highest BCUT2D eigenvalue weighted by molar-refractivity contribution is 7.99. The van der Waals surface area contributed by atoms with Gasteiger partial charge in [0.25, 0.3) is 0 Å². The lowest BCUT2D eigenvalue weighted by Crippen LogP contribution is -2.37. The highest BCUT2D eigenvalue weighted by Crippen LogP contribution is 2.41. The Hall–Kier alpha value is 3.88. The fraction of sp³-hybridized carbons (Fsp3) is 0.964. The molecule has 2 rings (SSSR count). The Morgan fingerprint density at radius 2 is 0.513 bits per heavy atom. The number of rotatable bonds is 51. The molecule has 2 aliphatic carbocycles. The van der Waals surface area contributed by atoms with Gasteiger partial charge in [0.15, 0.2) is 8.32 Å². The zero-order chi connectivity index (χ0) is 55.2. The first-order chi connectivity index (χ1) is 36.0. The Morgan fingerprint density at radius 3 is 0.618 bits per heavy atom. The van der Waals surface area contributed by atoms with E-state index in [9.17, 15) is 0 Å². The summed E-state index contributed by atoms with van der Waals surface area (Å²) in [5, 5.41) is 0. The molecule has 0 bridgehead atoms. The van der Waals surface area contributed by atoms with Gasteiger partial charge in [-0.1, -0.05) is 20.9 Å². The Labute approximate surface area is 535 Å². The molecule has 2 aliphatic rings. The van der Waals surface area contributed by atoms with Crippen LogP contribution in [0.25, 0.3) is 0 Å². The van der Waals surface area contributed by atoms with E-state index in [0.717, 1.165) is 136 Å². The quantitative estimate of drug-likeness (QED) is 0.0151. The van der Waals surface area contributed by atoms with Gasteiger partial charge in [0.05, 0.1) is 0 Å². The molecule has 0 atom stereocenters. The van der Waals surface area contributed by atoms with Gasteiger partial charge in [-0.15, -0.1) is 6.58 Å². The molecular formula is C56H124N6OS12Si. The number of thioether (sulfide) groups is 6. The average molecular weight is 1310 g/mol. The maximum Gasteiger partial charge on any atom is 0.189 e. The Morgan fingerprint density at radius 1 is 0.355 bits per heavy atom. The van der Waals surface area contributed by atoms with Gasteiger partial charge in [-0.3, -0.25) is 29.4 Å². The number of allylic oxidation sites excluding steroid dienone is 1. The van der Waals surface area contributed by atoms with Crippen molar-refractivity contribution in [2.45, 2.75) is 147 Å². The molecule has 0 spiro atoms. The summed E-state index contributed by atoms with van der Waals surface area (Å²) in [6.45, 7) is 22.5. The molecule has 0 radical (unpaired) electrons. The molecule has 2 saturated carbocycles. The van der Waals surface area contributed by atoms with Crippen molar-refractivity contribution in [3.63, 3.8) is 0 Å². The van der Waals surface area contributed by atoms with Crippen LogP contribution in [0.2, 0.25) is 19.1 Å². The second-order valence-electron chi connectivity index (χ2n) is 20.2. The zero-order valence-corrected chi connectivity index (χ0v) is 59.9. The van der Waals surface area contributed by atoms with Crippen molar-refractivity contribution >= 4 is 155 Å². The lowest BCUT2D eigenvalue weighted by molar-refractivity contribution is 0.200. The number of thiol groups is 6. The van der Waals surface area contributed by atoms with Gasteiger partial charge < -0.3 is 4.43 Å². The monoisotopic (exact) mass is 1310 g/mol. The molecule has 0 heterocycles. The van der Waals surface area contributed by atoms with Gasteiger partial charge in [0.2, 0.25) is 0 Å². The van der Waals surface area contributed by atoms with Crippen LogP contribution in [0, 0.1) is 0 Å². The van der Waals surface area contributed by atoms with Crippen LogP contribution in [0.15, 0.2) is 12.7 Å². The predicted molar refractivity (Wildman–Crippen MR) is 394 cm³/mol. The third kappa shape index (κ3) is 38.8. The van der Waals surface area contributed by atoms with Crippen LogP contribution in [0.1, 0.15) is 91.9 Å². The average Bonchev–Trinajstić information content (AvgIpc) is 4.33. The first-order valence-corrected chi connectivity index (χ1v) is 43.5. The maximum atomic E-state index is 5.25. The minimum atomic E-state index is -1.30. The first kappa shape index (κ1) is 84.1. The van der Waals surface area contributed by atoms with Crippen LogP contribution in [-0.2, 0) is 4.43 Å². The second-order valence-corrected chi connectivity index (χ2v) is 33.1. The topological polar surface area (TPSA) is 28.7 Å². The summed E-state index contributed by atoms with van der Waals surface area (Å²) in [5.74, 6) is 13.4. The van der Waals surface area contributed by atoms with Crippen molar-refractivity contribution in [1.82, 2.24) is 29.4 Å². The van der Waals surface area contributed by atoms with Gasteiger partial charge in [-0.2, -0.15) is 146 Å². The van der Waals surface area contributed by atoms with Gasteiger partial charge in [0.1, 0.15) is 0 Å². The molecule has 0 aromatic heterocycles. The predicted octanol–water partition coefficient (Wildman–Crippen LogP) is 13.8. The van der Waals surface area contributed by atoms with Crippen molar-refractivity contribution in [2.75, 3.05) is 192 Å². The normalized spacial score (nSPS) is 19.0. The van der Waals surface area contributed by atoms with Crippen LogP contribution < -0.4 is 0 Å².